The molecule has 0 saturated carbocycles. The van der Waals surface area contributed by atoms with Gasteiger partial charge in [0.25, 0.3) is 11.5 Å². The maximum absolute atomic E-state index is 14.1. The minimum Gasteiger partial charge on any atom is -0.381 e. The molecule has 47 heavy (non-hydrogen) atoms. The smallest absolute Gasteiger partial charge is 0.253 e. The lowest BCUT2D eigenvalue weighted by Crippen LogP contribution is -2.63. The van der Waals surface area contributed by atoms with E-state index in [1.165, 1.54) is 5.56 Å². The Morgan fingerprint density at radius 2 is 1.57 bits per heavy atom. The Hall–Kier alpha value is -3.14. The molecule has 2 N–H and O–H groups in total. The molecule has 0 unspecified atom stereocenters. The van der Waals surface area contributed by atoms with E-state index >= 15 is 0 Å². The molecule has 3 heterocycles. The van der Waals surface area contributed by atoms with Crippen molar-refractivity contribution < 1.29 is 14.3 Å². The molecular weight excluding hydrogens is 582 g/mol. The van der Waals surface area contributed by atoms with E-state index in [9.17, 15) is 9.59 Å². The van der Waals surface area contributed by atoms with Gasteiger partial charge in [0.2, 0.25) is 0 Å². The number of pyridine rings is 1. The van der Waals surface area contributed by atoms with Crippen LogP contribution in [0.4, 0.5) is 5.69 Å². The van der Waals surface area contributed by atoms with E-state index in [4.69, 9.17) is 9.47 Å². The number of aromatic amines is 1. The number of anilines is 1. The monoisotopic (exact) mass is 632 g/mol. The van der Waals surface area contributed by atoms with Crippen LogP contribution in [0.2, 0.25) is 5.11 Å². The van der Waals surface area contributed by atoms with Crippen molar-refractivity contribution in [1.82, 2.24) is 15.2 Å². The molecule has 2 aliphatic rings. The first kappa shape index (κ1) is 35.2. The third-order valence-electron chi connectivity index (χ3n) is 10.6. The minimum absolute atomic E-state index is 0.0543. The molecule has 0 aliphatic carbocycles. The number of hydrogen-bond acceptors (Lipinski definition) is 6. The van der Waals surface area contributed by atoms with E-state index in [0.717, 1.165) is 92.5 Å². The molecule has 2 aromatic carbocycles. The molecule has 5 rings (SSSR count). The maximum atomic E-state index is 14.1. The molecule has 0 atom stereocenters. The molecule has 244 valence electrons. The second kappa shape index (κ2) is 14.5. The Kier molecular flexibility index (Phi) is 10.9. The Balaban J connectivity index is 1.57. The number of benzene rings is 2. The molecular formula is C34H49B5N4O4. The zero-order valence-electron chi connectivity index (χ0n) is 29.7. The summed E-state index contributed by atoms with van der Waals surface area (Å²) < 4.78 is 11.3. The molecule has 2 saturated heterocycles. The number of ether oxygens (including phenoxy) is 2. The molecule has 0 spiro atoms. The Bertz CT molecular complexity index is 1630. The molecule has 8 nitrogen and oxygen atoms in total. The van der Waals surface area contributed by atoms with Crippen molar-refractivity contribution >= 4 is 50.8 Å². The van der Waals surface area contributed by atoms with Crippen molar-refractivity contribution in [3.8, 4) is 11.1 Å². The van der Waals surface area contributed by atoms with Gasteiger partial charge in [0.1, 0.15) is 15.7 Å². The number of nitrogens with one attached hydrogen (secondary N) is 2. The highest BCUT2D eigenvalue weighted by Gasteiger charge is 2.42. The van der Waals surface area contributed by atoms with E-state index in [-0.39, 0.29) is 34.5 Å². The number of rotatable bonds is 10. The number of H-pyrrole nitrogens is 1. The van der Waals surface area contributed by atoms with Crippen LogP contribution in [0.25, 0.3) is 11.1 Å². The van der Waals surface area contributed by atoms with Gasteiger partial charge in [0, 0.05) is 67.9 Å². The highest BCUT2D eigenvalue weighted by molar-refractivity contribution is 6.67. The number of amides is 1. The quantitative estimate of drug-likeness (QED) is 0.297. The summed E-state index contributed by atoms with van der Waals surface area (Å²) >= 11 is 0. The summed E-state index contributed by atoms with van der Waals surface area (Å²) in [6.45, 7) is 11.8. The van der Waals surface area contributed by atoms with E-state index in [0.29, 0.717) is 11.1 Å². The van der Waals surface area contributed by atoms with Gasteiger partial charge in [-0.3, -0.25) is 14.5 Å². The van der Waals surface area contributed by atoms with Gasteiger partial charge in [-0.05, 0) is 85.0 Å². The van der Waals surface area contributed by atoms with Crippen molar-refractivity contribution in [3.05, 3.63) is 86.3 Å². The van der Waals surface area contributed by atoms with Gasteiger partial charge in [-0.1, -0.05) is 24.3 Å². The standard InChI is InChI=1S/C34H49B5N4O4/c1-21-16-22(2)41-32(45)29(21)19-40-31(44)28-17-26(25-6-4-24(5-7-25)20-42-10-14-47-15-11-42)18-30(23(28)3)43(27-8-12-46-13-9-27)34(38,39)33(35,36)37/h4-7,16-18,27H,8-15,19-20,35-39H2,1-3H3,(H,40,44)(H,41,45). The van der Waals surface area contributed by atoms with E-state index in [1.54, 1.807) is 0 Å². The number of aryl methyl sites for hydroxylation is 2. The third-order valence-corrected chi connectivity index (χ3v) is 10.6. The van der Waals surface area contributed by atoms with Gasteiger partial charge < -0.3 is 24.7 Å². The Morgan fingerprint density at radius 1 is 0.936 bits per heavy atom. The molecule has 2 aliphatic heterocycles. The topological polar surface area (TPSA) is 86.9 Å². The van der Waals surface area contributed by atoms with Gasteiger partial charge in [0.15, 0.2) is 0 Å². The van der Waals surface area contributed by atoms with Crippen LogP contribution in [-0.4, -0.2) is 106 Å². The number of hydrogen-bond donors (Lipinski definition) is 2. The van der Waals surface area contributed by atoms with Gasteiger partial charge in [-0.2, -0.15) is 0 Å². The largest absolute Gasteiger partial charge is 0.381 e. The van der Waals surface area contributed by atoms with Crippen molar-refractivity contribution in [2.24, 2.45) is 0 Å². The minimum atomic E-state index is -0.236. The molecule has 13 heteroatoms. The van der Waals surface area contributed by atoms with Crippen molar-refractivity contribution in [2.75, 3.05) is 44.4 Å². The lowest BCUT2D eigenvalue weighted by Gasteiger charge is -2.55. The molecule has 2 fully saturated rings. The summed E-state index contributed by atoms with van der Waals surface area (Å²) in [6, 6.07) is 15.3. The maximum Gasteiger partial charge on any atom is 0.253 e. The first-order valence-electron chi connectivity index (χ1n) is 17.1. The number of carbonyl (C=O) groups excluding carboxylic acids is 1. The zero-order valence-corrected chi connectivity index (χ0v) is 29.7. The van der Waals surface area contributed by atoms with Crippen LogP contribution in [0.15, 0.2) is 47.3 Å². The van der Waals surface area contributed by atoms with Crippen molar-refractivity contribution in [3.63, 3.8) is 0 Å². The first-order valence-corrected chi connectivity index (χ1v) is 17.1. The second-order valence-corrected chi connectivity index (χ2v) is 14.9. The lowest BCUT2D eigenvalue weighted by molar-refractivity contribution is 0.0342. The highest BCUT2D eigenvalue weighted by atomic mass is 16.5. The van der Waals surface area contributed by atoms with Crippen LogP contribution in [-0.2, 0) is 22.6 Å². The van der Waals surface area contributed by atoms with Crippen LogP contribution in [0, 0.1) is 20.8 Å². The van der Waals surface area contributed by atoms with Crippen LogP contribution < -0.4 is 15.8 Å². The average molecular weight is 632 g/mol. The van der Waals surface area contributed by atoms with Crippen LogP contribution in [0.1, 0.15) is 51.1 Å². The molecule has 3 aromatic rings. The Labute approximate surface area is 284 Å². The fourth-order valence-electron chi connectivity index (χ4n) is 6.80. The normalized spacial score (nSPS) is 16.6. The summed E-state index contributed by atoms with van der Waals surface area (Å²) in [5.74, 6) is -0.186. The van der Waals surface area contributed by atoms with E-state index in [1.807, 2.05) is 26.0 Å². The summed E-state index contributed by atoms with van der Waals surface area (Å²) in [7, 11) is 11.5. The fraction of sp³-hybridized carbons (Fsp3) is 0.471. The van der Waals surface area contributed by atoms with Crippen LogP contribution >= 0.6 is 0 Å². The zero-order chi connectivity index (χ0) is 33.9. The predicted molar refractivity (Wildman–Crippen MR) is 205 cm³/mol. The predicted octanol–water partition coefficient (Wildman–Crippen LogP) is -0.392. The second-order valence-electron chi connectivity index (χ2n) is 14.9. The van der Waals surface area contributed by atoms with E-state index in [2.05, 4.69) is 96.6 Å². The van der Waals surface area contributed by atoms with E-state index < -0.39 is 0 Å². The van der Waals surface area contributed by atoms with Gasteiger partial charge in [0.05, 0.1) is 36.8 Å². The molecule has 0 bridgehead atoms. The molecule has 1 aromatic heterocycles. The number of nitrogens with zero attached hydrogens (tertiary/aromatic N) is 2. The average Bonchev–Trinajstić information content (AvgIpc) is 3.02. The SMILES string of the molecule is BC(B)(B)C(B)(B)N(c1cc(-c2ccc(CN3CCOCC3)cc2)cc(C(=O)NCc2c(C)cc(C)[nH]c2=O)c1C)C1CCOCC1. The summed E-state index contributed by atoms with van der Waals surface area (Å²) in [5.41, 5.74) is 8.05. The van der Waals surface area contributed by atoms with Crippen molar-refractivity contribution in [1.29, 1.82) is 0 Å². The summed E-state index contributed by atoms with van der Waals surface area (Å²) in [5, 5.41) is 2.80. The molecule has 1 amide bonds. The van der Waals surface area contributed by atoms with Gasteiger partial charge in [-0.15, -0.1) is 5.11 Å². The van der Waals surface area contributed by atoms with Crippen molar-refractivity contribution in [2.45, 2.75) is 63.2 Å². The van der Waals surface area contributed by atoms with Gasteiger partial charge in [-0.25, -0.2) is 0 Å². The summed E-state index contributed by atoms with van der Waals surface area (Å²) in [4.78, 5) is 34.7. The highest BCUT2D eigenvalue weighted by Crippen LogP contribution is 2.41. The number of aromatic nitrogens is 1. The van der Waals surface area contributed by atoms with Crippen LogP contribution in [0.3, 0.4) is 0 Å². The first-order chi connectivity index (χ1) is 22.3. The third kappa shape index (κ3) is 7.95. The van der Waals surface area contributed by atoms with Gasteiger partial charge >= 0.3 is 0 Å². The Morgan fingerprint density at radius 3 is 2.19 bits per heavy atom. The van der Waals surface area contributed by atoms with Crippen LogP contribution in [0.5, 0.6) is 0 Å². The molecule has 0 radical (unpaired) electrons. The lowest BCUT2D eigenvalue weighted by atomic mass is 9.26. The fourth-order valence-corrected chi connectivity index (χ4v) is 6.80. The summed E-state index contributed by atoms with van der Waals surface area (Å²) in [6.07, 6.45) is 1.85. The number of morpholine rings is 1. The number of carbonyl (C=O) groups is 1.